The van der Waals surface area contributed by atoms with Gasteiger partial charge in [-0.05, 0) is 56.4 Å². The summed E-state index contributed by atoms with van der Waals surface area (Å²) in [6.07, 6.45) is 1.56. The van der Waals surface area contributed by atoms with Gasteiger partial charge >= 0.3 is 0 Å². The average molecular weight is 390 g/mol. The van der Waals surface area contributed by atoms with Crippen molar-refractivity contribution in [1.29, 1.82) is 0 Å². The quantitative estimate of drug-likeness (QED) is 0.595. The molecule has 3 aromatic rings. The molecule has 0 atom stereocenters. The number of halogens is 1. The van der Waals surface area contributed by atoms with Crippen LogP contribution < -0.4 is 21.3 Å². The maximum Gasteiger partial charge on any atom is 0.256 e. The Morgan fingerprint density at radius 2 is 2.12 bits per heavy atom. The molecular weight excluding hydrogens is 374 g/mol. The number of hydrogen-bond donors (Lipinski definition) is 3. The Balaban J connectivity index is 2.41. The van der Waals surface area contributed by atoms with Crippen LogP contribution in [0.4, 0.5) is 0 Å². The molecule has 0 aliphatic carbocycles. The van der Waals surface area contributed by atoms with E-state index in [0.29, 0.717) is 50.4 Å². The number of aromatic amines is 1. The van der Waals surface area contributed by atoms with Crippen LogP contribution >= 0.6 is 15.9 Å². The monoisotopic (exact) mass is 389 g/mol. The zero-order chi connectivity index (χ0) is 17.3. The normalized spacial score (nSPS) is 11.0. The Morgan fingerprint density at radius 1 is 1.33 bits per heavy atom. The first-order valence-corrected chi connectivity index (χ1v) is 8.16. The second kappa shape index (κ2) is 6.62. The van der Waals surface area contributed by atoms with Crippen LogP contribution in [0.2, 0.25) is 0 Å². The van der Waals surface area contributed by atoms with E-state index in [0.717, 1.165) is 0 Å². The molecule has 2 aromatic carbocycles. The van der Waals surface area contributed by atoms with Gasteiger partial charge in [-0.25, -0.2) is 0 Å². The number of benzene rings is 2. The molecule has 0 unspecified atom stereocenters. The molecule has 1 amide bonds. The zero-order valence-electron chi connectivity index (χ0n) is 13.0. The molecule has 1 aromatic heterocycles. The van der Waals surface area contributed by atoms with Crippen molar-refractivity contribution in [2.75, 3.05) is 20.2 Å². The number of rotatable bonds is 4. The Hall–Kier alpha value is -2.38. The third-order valence-electron chi connectivity index (χ3n) is 3.82. The summed E-state index contributed by atoms with van der Waals surface area (Å²) in [5.41, 5.74) is 5.73. The number of H-pyrrole nitrogens is 1. The standard InChI is InChI=1S/C17H16BrN3O3/c1-24-14-8-11-10(7-13(14)18)12(16(22)21-5-3-19)6-9-2-4-20-17(23)15(9)11/h2,4,6-8H,3,5,19H2,1H3,(H,20,23)(H,21,22). The number of pyridine rings is 1. The summed E-state index contributed by atoms with van der Waals surface area (Å²) in [6, 6.07) is 7.04. The minimum Gasteiger partial charge on any atom is -0.496 e. The molecule has 4 N–H and O–H groups in total. The lowest BCUT2D eigenvalue weighted by molar-refractivity contribution is 0.0956. The minimum atomic E-state index is -0.232. The summed E-state index contributed by atoms with van der Waals surface area (Å²) in [7, 11) is 1.55. The molecule has 6 nitrogen and oxygen atoms in total. The molecular formula is C17H16BrN3O3. The van der Waals surface area contributed by atoms with Crippen molar-refractivity contribution >= 4 is 43.4 Å². The molecule has 7 heteroatoms. The van der Waals surface area contributed by atoms with Gasteiger partial charge in [-0.1, -0.05) is 0 Å². The maximum atomic E-state index is 12.5. The summed E-state index contributed by atoms with van der Waals surface area (Å²) in [5, 5.41) is 5.31. The van der Waals surface area contributed by atoms with E-state index >= 15 is 0 Å². The van der Waals surface area contributed by atoms with E-state index in [1.807, 2.05) is 0 Å². The fraction of sp³-hybridized carbons (Fsp3) is 0.176. The van der Waals surface area contributed by atoms with Gasteiger partial charge in [0.25, 0.3) is 11.5 Å². The van der Waals surface area contributed by atoms with Gasteiger partial charge in [0.15, 0.2) is 0 Å². The predicted octanol–water partition coefficient (Wildman–Crippen LogP) is 2.14. The van der Waals surface area contributed by atoms with Crippen molar-refractivity contribution < 1.29 is 9.53 Å². The van der Waals surface area contributed by atoms with Crippen LogP contribution in [0.15, 0.2) is 39.7 Å². The largest absolute Gasteiger partial charge is 0.496 e. The van der Waals surface area contributed by atoms with E-state index in [1.165, 1.54) is 0 Å². The predicted molar refractivity (Wildman–Crippen MR) is 97.7 cm³/mol. The summed E-state index contributed by atoms with van der Waals surface area (Å²) in [5.74, 6) is 0.358. The van der Waals surface area contributed by atoms with E-state index < -0.39 is 0 Å². The van der Waals surface area contributed by atoms with Gasteiger partial charge in [0.05, 0.1) is 17.0 Å². The molecule has 0 aliphatic heterocycles. The highest BCUT2D eigenvalue weighted by molar-refractivity contribution is 9.10. The number of nitrogens with two attached hydrogens (primary N) is 1. The highest BCUT2D eigenvalue weighted by Gasteiger charge is 2.16. The number of amides is 1. The third kappa shape index (κ3) is 2.76. The van der Waals surface area contributed by atoms with Gasteiger partial charge in [-0.3, -0.25) is 9.59 Å². The lowest BCUT2D eigenvalue weighted by atomic mass is 9.97. The van der Waals surface area contributed by atoms with Gasteiger partial charge < -0.3 is 20.8 Å². The molecule has 24 heavy (non-hydrogen) atoms. The molecule has 0 saturated carbocycles. The highest BCUT2D eigenvalue weighted by Crippen LogP contribution is 2.35. The van der Waals surface area contributed by atoms with E-state index in [-0.39, 0.29) is 11.5 Å². The molecule has 0 saturated heterocycles. The molecule has 1 heterocycles. The Bertz CT molecular complexity index is 998. The van der Waals surface area contributed by atoms with Crippen LogP contribution in [0.5, 0.6) is 5.75 Å². The summed E-state index contributed by atoms with van der Waals surface area (Å²) >= 11 is 3.43. The van der Waals surface area contributed by atoms with Crippen LogP contribution in [-0.4, -0.2) is 31.1 Å². The number of fused-ring (bicyclic) bond motifs is 3. The number of ether oxygens (including phenoxy) is 1. The van der Waals surface area contributed by atoms with Crippen molar-refractivity contribution in [3.8, 4) is 5.75 Å². The molecule has 0 bridgehead atoms. The molecule has 0 spiro atoms. The lowest BCUT2D eigenvalue weighted by Crippen LogP contribution is -2.29. The van der Waals surface area contributed by atoms with Crippen molar-refractivity contribution in [3.63, 3.8) is 0 Å². The first-order chi connectivity index (χ1) is 11.6. The second-order valence-electron chi connectivity index (χ2n) is 5.27. The maximum absolute atomic E-state index is 12.5. The average Bonchev–Trinajstić information content (AvgIpc) is 2.58. The Kier molecular flexibility index (Phi) is 4.55. The first kappa shape index (κ1) is 16.5. The van der Waals surface area contributed by atoms with Crippen LogP contribution in [0, 0.1) is 0 Å². The van der Waals surface area contributed by atoms with Crippen molar-refractivity contribution in [2.24, 2.45) is 5.73 Å². The van der Waals surface area contributed by atoms with E-state index in [1.54, 1.807) is 37.6 Å². The topological polar surface area (TPSA) is 97.2 Å². The van der Waals surface area contributed by atoms with Crippen LogP contribution in [0.3, 0.4) is 0 Å². The van der Waals surface area contributed by atoms with Crippen molar-refractivity contribution in [1.82, 2.24) is 10.3 Å². The number of carbonyl (C=O) groups is 1. The zero-order valence-corrected chi connectivity index (χ0v) is 14.6. The van der Waals surface area contributed by atoms with Gasteiger partial charge in [0, 0.05) is 24.8 Å². The fourth-order valence-electron chi connectivity index (χ4n) is 2.73. The fourth-order valence-corrected chi connectivity index (χ4v) is 3.24. The van der Waals surface area contributed by atoms with Crippen LogP contribution in [0.1, 0.15) is 10.4 Å². The van der Waals surface area contributed by atoms with Gasteiger partial charge in [-0.2, -0.15) is 0 Å². The Labute approximate surface area is 146 Å². The van der Waals surface area contributed by atoms with Crippen molar-refractivity contribution in [3.05, 3.63) is 50.9 Å². The van der Waals surface area contributed by atoms with Crippen LogP contribution in [-0.2, 0) is 0 Å². The molecule has 0 aliphatic rings. The smallest absolute Gasteiger partial charge is 0.256 e. The molecule has 3 rings (SSSR count). The van der Waals surface area contributed by atoms with E-state index in [2.05, 4.69) is 26.2 Å². The summed E-state index contributed by atoms with van der Waals surface area (Å²) < 4.78 is 6.04. The lowest BCUT2D eigenvalue weighted by Gasteiger charge is -2.12. The summed E-state index contributed by atoms with van der Waals surface area (Å²) in [4.78, 5) is 27.5. The summed E-state index contributed by atoms with van der Waals surface area (Å²) in [6.45, 7) is 0.736. The minimum absolute atomic E-state index is 0.212. The van der Waals surface area contributed by atoms with Gasteiger partial charge in [0.1, 0.15) is 5.75 Å². The second-order valence-corrected chi connectivity index (χ2v) is 6.13. The number of hydrogen-bond acceptors (Lipinski definition) is 4. The van der Waals surface area contributed by atoms with Crippen LogP contribution in [0.25, 0.3) is 21.5 Å². The van der Waals surface area contributed by atoms with Crippen molar-refractivity contribution in [2.45, 2.75) is 0 Å². The molecule has 124 valence electrons. The number of aromatic nitrogens is 1. The van der Waals surface area contributed by atoms with Gasteiger partial charge in [0.2, 0.25) is 0 Å². The Morgan fingerprint density at radius 3 is 2.83 bits per heavy atom. The first-order valence-electron chi connectivity index (χ1n) is 7.36. The number of nitrogens with one attached hydrogen (secondary N) is 2. The number of carbonyl (C=O) groups excluding carboxylic acids is 1. The SMILES string of the molecule is COc1cc2c(cc1Br)c(C(=O)NCCN)cc1cc[nH]c(=O)c12. The molecule has 0 fully saturated rings. The molecule has 0 radical (unpaired) electrons. The van der Waals surface area contributed by atoms with Gasteiger partial charge in [-0.15, -0.1) is 0 Å². The highest BCUT2D eigenvalue weighted by atomic mass is 79.9. The third-order valence-corrected chi connectivity index (χ3v) is 4.44. The van der Waals surface area contributed by atoms with E-state index in [9.17, 15) is 9.59 Å². The number of methoxy groups -OCH3 is 1. The van der Waals surface area contributed by atoms with E-state index in [4.69, 9.17) is 10.5 Å².